The van der Waals surface area contributed by atoms with E-state index in [4.69, 9.17) is 0 Å². The number of aromatic nitrogens is 3. The van der Waals surface area contributed by atoms with Crippen molar-refractivity contribution in [3.63, 3.8) is 0 Å². The number of hydrogen-bond donors (Lipinski definition) is 0. The second-order valence-corrected chi connectivity index (χ2v) is 6.92. The van der Waals surface area contributed by atoms with Gasteiger partial charge in [0.1, 0.15) is 11.6 Å². The van der Waals surface area contributed by atoms with Gasteiger partial charge in [0, 0.05) is 26.2 Å². The molecule has 0 N–H and O–H groups in total. The highest BCUT2D eigenvalue weighted by atomic mass is 32.2. The monoisotopic (exact) mass is 388 g/mol. The molecule has 0 saturated carbocycles. The number of amides is 1. The van der Waals surface area contributed by atoms with Crippen molar-refractivity contribution < 1.29 is 13.6 Å². The summed E-state index contributed by atoms with van der Waals surface area (Å²) in [7, 11) is 3.34. The van der Waals surface area contributed by atoms with Crippen molar-refractivity contribution in [2.75, 3.05) is 12.8 Å². The van der Waals surface area contributed by atoms with Gasteiger partial charge in [0.2, 0.25) is 5.91 Å². The second-order valence-electron chi connectivity index (χ2n) is 5.97. The van der Waals surface area contributed by atoms with Crippen LogP contribution < -0.4 is 0 Å². The third kappa shape index (κ3) is 4.33. The lowest BCUT2D eigenvalue weighted by molar-refractivity contribution is -0.127. The summed E-state index contributed by atoms with van der Waals surface area (Å²) in [6.07, 6.45) is 0. The maximum atomic E-state index is 13.9. The van der Waals surface area contributed by atoms with Gasteiger partial charge in [-0.15, -0.1) is 10.2 Å². The summed E-state index contributed by atoms with van der Waals surface area (Å²) in [5.74, 6) is -0.381. The number of nitrogens with zero attached hydrogens (tertiary/aromatic N) is 4. The van der Waals surface area contributed by atoms with Crippen LogP contribution >= 0.6 is 11.8 Å². The molecule has 0 aliphatic heterocycles. The largest absolute Gasteiger partial charge is 0.341 e. The third-order valence-corrected chi connectivity index (χ3v) is 5.07. The van der Waals surface area contributed by atoms with Gasteiger partial charge in [-0.3, -0.25) is 4.79 Å². The van der Waals surface area contributed by atoms with Crippen LogP contribution in [0.2, 0.25) is 0 Å². The maximum absolute atomic E-state index is 13.9. The summed E-state index contributed by atoms with van der Waals surface area (Å²) >= 11 is 1.20. The van der Waals surface area contributed by atoms with Crippen LogP contribution in [0.5, 0.6) is 0 Å². The number of carbonyl (C=O) groups excluding carboxylic acids is 1. The highest BCUT2D eigenvalue weighted by molar-refractivity contribution is 7.99. The van der Waals surface area contributed by atoms with Crippen LogP contribution in [0.25, 0.3) is 11.4 Å². The van der Waals surface area contributed by atoms with Crippen molar-refractivity contribution >= 4 is 17.7 Å². The molecule has 27 heavy (non-hydrogen) atoms. The molecule has 0 spiro atoms. The minimum atomic E-state index is -0.384. The molecule has 1 amide bonds. The van der Waals surface area contributed by atoms with Gasteiger partial charge in [-0.1, -0.05) is 42.1 Å². The van der Waals surface area contributed by atoms with Crippen molar-refractivity contribution in [1.82, 2.24) is 19.7 Å². The highest BCUT2D eigenvalue weighted by Crippen LogP contribution is 2.24. The van der Waals surface area contributed by atoms with E-state index in [-0.39, 0.29) is 29.8 Å². The smallest absolute Gasteiger partial charge is 0.233 e. The Morgan fingerprint density at radius 1 is 1.07 bits per heavy atom. The standard InChI is InChI=1S/C19H18F2N4OS/c1-24(11-13-7-3-5-9-15(13)20)17(26)12-27-19-23-22-18(25(19)2)14-8-4-6-10-16(14)21/h3-10H,11-12H2,1-2H3. The summed E-state index contributed by atoms with van der Waals surface area (Å²) in [5.41, 5.74) is 0.807. The SMILES string of the molecule is CN(Cc1ccccc1F)C(=O)CSc1nnc(-c2ccccc2F)n1C. The Morgan fingerprint density at radius 3 is 2.44 bits per heavy atom. The Bertz CT molecular complexity index is 960. The Labute approximate surface area is 160 Å². The lowest BCUT2D eigenvalue weighted by Crippen LogP contribution is -2.28. The van der Waals surface area contributed by atoms with Crippen LogP contribution in [0.1, 0.15) is 5.56 Å². The van der Waals surface area contributed by atoms with Crippen molar-refractivity contribution in [2.24, 2.45) is 7.05 Å². The van der Waals surface area contributed by atoms with E-state index in [2.05, 4.69) is 10.2 Å². The molecule has 8 heteroatoms. The lowest BCUT2D eigenvalue weighted by Gasteiger charge is -2.17. The van der Waals surface area contributed by atoms with Gasteiger partial charge in [0.15, 0.2) is 11.0 Å². The molecular weight excluding hydrogens is 370 g/mol. The van der Waals surface area contributed by atoms with Crippen LogP contribution in [-0.2, 0) is 18.4 Å². The summed E-state index contributed by atoms with van der Waals surface area (Å²) in [6, 6.07) is 12.7. The quantitative estimate of drug-likeness (QED) is 0.607. The molecule has 5 nitrogen and oxygen atoms in total. The Balaban J connectivity index is 1.64. The van der Waals surface area contributed by atoms with Crippen molar-refractivity contribution in [2.45, 2.75) is 11.7 Å². The number of thioether (sulfide) groups is 1. The van der Waals surface area contributed by atoms with Crippen LogP contribution in [0.15, 0.2) is 53.7 Å². The molecule has 0 saturated heterocycles. The fraction of sp³-hybridized carbons (Fsp3) is 0.211. The van der Waals surface area contributed by atoms with E-state index in [0.717, 1.165) is 0 Å². The van der Waals surface area contributed by atoms with Crippen LogP contribution in [0.3, 0.4) is 0 Å². The van der Waals surface area contributed by atoms with E-state index in [1.165, 1.54) is 28.8 Å². The van der Waals surface area contributed by atoms with Gasteiger partial charge < -0.3 is 9.47 Å². The average molecular weight is 388 g/mol. The Morgan fingerprint density at radius 2 is 1.74 bits per heavy atom. The van der Waals surface area contributed by atoms with E-state index >= 15 is 0 Å². The van der Waals surface area contributed by atoms with Gasteiger partial charge in [0.05, 0.1) is 11.3 Å². The second kappa shape index (κ2) is 8.30. The zero-order chi connectivity index (χ0) is 19.4. The molecule has 140 valence electrons. The normalized spacial score (nSPS) is 10.8. The maximum Gasteiger partial charge on any atom is 0.233 e. The van der Waals surface area contributed by atoms with E-state index in [9.17, 15) is 13.6 Å². The van der Waals surface area contributed by atoms with E-state index in [1.807, 2.05) is 0 Å². The molecule has 0 unspecified atom stereocenters. The molecule has 0 radical (unpaired) electrons. The van der Waals surface area contributed by atoms with Crippen molar-refractivity contribution in [1.29, 1.82) is 0 Å². The molecule has 0 bridgehead atoms. The number of rotatable bonds is 6. The Hall–Kier alpha value is -2.74. The minimum absolute atomic E-state index is 0.119. The van der Waals surface area contributed by atoms with Gasteiger partial charge in [-0.25, -0.2) is 8.78 Å². The number of hydrogen-bond acceptors (Lipinski definition) is 4. The summed E-state index contributed by atoms with van der Waals surface area (Å²) in [4.78, 5) is 13.8. The summed E-state index contributed by atoms with van der Waals surface area (Å²) in [5, 5.41) is 8.57. The summed E-state index contributed by atoms with van der Waals surface area (Å²) < 4.78 is 29.3. The zero-order valence-electron chi connectivity index (χ0n) is 14.9. The molecule has 3 aromatic rings. The van der Waals surface area contributed by atoms with Gasteiger partial charge in [-0.05, 0) is 18.2 Å². The van der Waals surface area contributed by atoms with Crippen LogP contribution in [0, 0.1) is 11.6 Å². The first-order chi connectivity index (χ1) is 13.0. The van der Waals surface area contributed by atoms with Crippen molar-refractivity contribution in [3.8, 4) is 11.4 Å². The summed E-state index contributed by atoms with van der Waals surface area (Å²) in [6.45, 7) is 0.186. The first-order valence-electron chi connectivity index (χ1n) is 8.22. The number of halogens is 2. The lowest BCUT2D eigenvalue weighted by atomic mass is 10.2. The number of carbonyl (C=O) groups is 1. The first kappa shape index (κ1) is 19.0. The van der Waals surface area contributed by atoms with Crippen LogP contribution in [0.4, 0.5) is 8.78 Å². The Kier molecular flexibility index (Phi) is 5.85. The zero-order valence-corrected chi connectivity index (χ0v) is 15.7. The van der Waals surface area contributed by atoms with E-state index < -0.39 is 0 Å². The molecule has 1 aromatic heterocycles. The van der Waals surface area contributed by atoms with Crippen molar-refractivity contribution in [3.05, 3.63) is 65.7 Å². The first-order valence-corrected chi connectivity index (χ1v) is 9.20. The molecule has 0 fully saturated rings. The average Bonchev–Trinajstić information content (AvgIpc) is 3.02. The molecule has 0 aliphatic carbocycles. The molecule has 0 atom stereocenters. The molecule has 0 aliphatic rings. The van der Waals surface area contributed by atoms with Crippen LogP contribution in [-0.4, -0.2) is 38.4 Å². The van der Waals surface area contributed by atoms with Gasteiger partial charge in [-0.2, -0.15) is 0 Å². The topological polar surface area (TPSA) is 51.0 Å². The van der Waals surface area contributed by atoms with E-state index in [1.54, 1.807) is 55.1 Å². The van der Waals surface area contributed by atoms with Gasteiger partial charge in [0.25, 0.3) is 0 Å². The fourth-order valence-electron chi connectivity index (χ4n) is 2.52. The highest BCUT2D eigenvalue weighted by Gasteiger charge is 2.17. The predicted molar refractivity (Wildman–Crippen MR) is 100.0 cm³/mol. The fourth-order valence-corrected chi connectivity index (χ4v) is 3.38. The molecule has 1 heterocycles. The number of benzene rings is 2. The molecule has 3 rings (SSSR count). The van der Waals surface area contributed by atoms with Gasteiger partial charge >= 0.3 is 0 Å². The molecular formula is C19H18F2N4OS. The third-order valence-electron chi connectivity index (χ3n) is 4.07. The van der Waals surface area contributed by atoms with E-state index in [0.29, 0.717) is 22.1 Å². The minimum Gasteiger partial charge on any atom is -0.341 e. The predicted octanol–water partition coefficient (Wildman–Crippen LogP) is 3.51. The molecule has 2 aromatic carbocycles.